The summed E-state index contributed by atoms with van der Waals surface area (Å²) in [5, 5.41) is 3.39. The molecule has 0 saturated heterocycles. The Bertz CT molecular complexity index is 549. The number of aromatic nitrogens is 1. The van der Waals surface area contributed by atoms with Crippen molar-refractivity contribution in [2.75, 3.05) is 6.61 Å². The molecule has 18 heavy (non-hydrogen) atoms. The molecule has 0 radical (unpaired) electrons. The molecule has 1 aromatic heterocycles. The molecule has 0 aliphatic carbocycles. The summed E-state index contributed by atoms with van der Waals surface area (Å²) < 4.78 is 5.73. The van der Waals surface area contributed by atoms with Crippen LogP contribution in [0.1, 0.15) is 48.4 Å². The van der Waals surface area contributed by atoms with E-state index in [2.05, 4.69) is 31.4 Å². The van der Waals surface area contributed by atoms with Crippen LogP contribution in [0.2, 0.25) is 0 Å². The Hall–Kier alpha value is -1.35. The van der Waals surface area contributed by atoms with E-state index in [1.807, 2.05) is 12.1 Å². The summed E-state index contributed by atoms with van der Waals surface area (Å²) >= 11 is 1.76. The van der Waals surface area contributed by atoms with E-state index in [1.54, 1.807) is 11.3 Å². The maximum atomic E-state index is 5.73. The highest BCUT2D eigenvalue weighted by Gasteiger charge is 2.27. The Kier molecular flexibility index (Phi) is 3.08. The molecule has 1 aliphatic heterocycles. The first-order chi connectivity index (χ1) is 8.79. The number of rotatable bonds is 3. The zero-order chi connectivity index (χ0) is 12.5. The third-order valence-electron chi connectivity index (χ3n) is 3.66. The first-order valence-electron chi connectivity index (χ1n) is 6.46. The van der Waals surface area contributed by atoms with Gasteiger partial charge in [0.05, 0.1) is 11.6 Å². The lowest BCUT2D eigenvalue weighted by Gasteiger charge is -2.05. The summed E-state index contributed by atoms with van der Waals surface area (Å²) in [5.74, 6) is 1.89. The standard InChI is InChI=1S/C15H17NOS/c1-3-10(2)13-9-18-15(16-13)12-8-17-14-7-5-4-6-11(12)14/h4-7,9-10,12H,3,8H2,1-2H3. The number of benzene rings is 1. The van der Waals surface area contributed by atoms with Gasteiger partial charge in [-0.3, -0.25) is 0 Å². The molecule has 0 bridgehead atoms. The summed E-state index contributed by atoms with van der Waals surface area (Å²) in [4.78, 5) is 4.80. The molecule has 0 amide bonds. The molecule has 2 aromatic rings. The predicted molar refractivity (Wildman–Crippen MR) is 74.6 cm³/mol. The third kappa shape index (κ3) is 1.93. The summed E-state index contributed by atoms with van der Waals surface area (Å²) in [5.41, 5.74) is 2.50. The fraction of sp³-hybridized carbons (Fsp3) is 0.400. The largest absolute Gasteiger partial charge is 0.492 e. The molecular weight excluding hydrogens is 242 g/mol. The van der Waals surface area contributed by atoms with E-state index in [0.717, 1.165) is 18.8 Å². The minimum absolute atomic E-state index is 0.323. The van der Waals surface area contributed by atoms with Gasteiger partial charge in [0.2, 0.25) is 0 Å². The van der Waals surface area contributed by atoms with Gasteiger partial charge in [0.15, 0.2) is 0 Å². The highest BCUT2D eigenvalue weighted by Crippen LogP contribution is 2.39. The number of para-hydroxylation sites is 1. The van der Waals surface area contributed by atoms with Gasteiger partial charge in [-0.15, -0.1) is 11.3 Å². The van der Waals surface area contributed by atoms with Gasteiger partial charge in [-0.1, -0.05) is 32.0 Å². The van der Waals surface area contributed by atoms with Crippen molar-refractivity contribution in [1.82, 2.24) is 4.98 Å². The minimum Gasteiger partial charge on any atom is -0.492 e. The molecule has 3 heteroatoms. The summed E-state index contributed by atoms with van der Waals surface area (Å²) in [6.45, 7) is 5.17. The first-order valence-corrected chi connectivity index (χ1v) is 7.34. The van der Waals surface area contributed by atoms with E-state index >= 15 is 0 Å². The zero-order valence-corrected chi connectivity index (χ0v) is 11.5. The van der Waals surface area contributed by atoms with Gasteiger partial charge < -0.3 is 4.74 Å². The van der Waals surface area contributed by atoms with Crippen LogP contribution in [0.25, 0.3) is 0 Å². The van der Waals surface area contributed by atoms with Crippen molar-refractivity contribution in [1.29, 1.82) is 0 Å². The van der Waals surface area contributed by atoms with Crippen molar-refractivity contribution >= 4 is 11.3 Å². The lowest BCUT2D eigenvalue weighted by molar-refractivity contribution is 0.342. The van der Waals surface area contributed by atoms with Crippen LogP contribution < -0.4 is 4.74 Å². The normalized spacial score (nSPS) is 19.3. The molecule has 0 N–H and O–H groups in total. The number of ether oxygens (including phenoxy) is 1. The Morgan fingerprint density at radius 2 is 2.28 bits per heavy atom. The molecular formula is C15H17NOS. The van der Waals surface area contributed by atoms with Gasteiger partial charge in [0.25, 0.3) is 0 Å². The van der Waals surface area contributed by atoms with Gasteiger partial charge in [-0.25, -0.2) is 4.98 Å². The van der Waals surface area contributed by atoms with E-state index < -0.39 is 0 Å². The maximum absolute atomic E-state index is 5.73. The average molecular weight is 259 g/mol. The topological polar surface area (TPSA) is 22.1 Å². The van der Waals surface area contributed by atoms with Crippen LogP contribution in [0.5, 0.6) is 5.75 Å². The summed E-state index contributed by atoms with van der Waals surface area (Å²) in [7, 11) is 0. The second-order valence-electron chi connectivity index (χ2n) is 4.82. The van der Waals surface area contributed by atoms with Crippen molar-refractivity contribution in [3.8, 4) is 5.75 Å². The molecule has 2 nitrogen and oxygen atoms in total. The fourth-order valence-electron chi connectivity index (χ4n) is 2.26. The summed E-state index contributed by atoms with van der Waals surface area (Å²) in [6, 6.07) is 8.28. The van der Waals surface area contributed by atoms with Crippen LogP contribution in [0.3, 0.4) is 0 Å². The van der Waals surface area contributed by atoms with E-state index in [-0.39, 0.29) is 0 Å². The van der Waals surface area contributed by atoms with Crippen molar-refractivity contribution in [2.24, 2.45) is 0 Å². The van der Waals surface area contributed by atoms with E-state index in [9.17, 15) is 0 Å². The Labute approximate surface area is 112 Å². The fourth-order valence-corrected chi connectivity index (χ4v) is 3.31. The number of thiazole rings is 1. The molecule has 0 saturated carbocycles. The van der Waals surface area contributed by atoms with Crippen LogP contribution in [-0.2, 0) is 0 Å². The van der Waals surface area contributed by atoms with Crippen LogP contribution in [-0.4, -0.2) is 11.6 Å². The second-order valence-corrected chi connectivity index (χ2v) is 5.71. The Morgan fingerprint density at radius 1 is 1.44 bits per heavy atom. The predicted octanol–water partition coefficient (Wildman–Crippen LogP) is 4.18. The van der Waals surface area contributed by atoms with Gasteiger partial charge >= 0.3 is 0 Å². The monoisotopic (exact) mass is 259 g/mol. The number of fused-ring (bicyclic) bond motifs is 1. The van der Waals surface area contributed by atoms with Crippen LogP contribution in [0, 0.1) is 0 Å². The second kappa shape index (κ2) is 4.73. The average Bonchev–Trinajstić information content (AvgIpc) is 3.03. The molecule has 1 aliphatic rings. The minimum atomic E-state index is 0.323. The van der Waals surface area contributed by atoms with Crippen molar-refractivity contribution in [3.05, 3.63) is 45.9 Å². The van der Waals surface area contributed by atoms with Crippen molar-refractivity contribution < 1.29 is 4.74 Å². The zero-order valence-electron chi connectivity index (χ0n) is 10.7. The van der Waals surface area contributed by atoms with E-state index in [1.165, 1.54) is 16.3 Å². The Balaban J connectivity index is 1.91. The van der Waals surface area contributed by atoms with E-state index in [4.69, 9.17) is 9.72 Å². The molecule has 94 valence electrons. The van der Waals surface area contributed by atoms with Crippen LogP contribution in [0.4, 0.5) is 0 Å². The van der Waals surface area contributed by atoms with Crippen LogP contribution in [0.15, 0.2) is 29.6 Å². The molecule has 1 aromatic carbocycles. The van der Waals surface area contributed by atoms with Gasteiger partial charge in [0.1, 0.15) is 17.4 Å². The first kappa shape index (κ1) is 11.7. The highest BCUT2D eigenvalue weighted by molar-refractivity contribution is 7.09. The molecule has 3 rings (SSSR count). The quantitative estimate of drug-likeness (QED) is 0.825. The maximum Gasteiger partial charge on any atom is 0.123 e. The van der Waals surface area contributed by atoms with Gasteiger partial charge in [-0.2, -0.15) is 0 Å². The number of hydrogen-bond donors (Lipinski definition) is 0. The molecule has 2 atom stereocenters. The van der Waals surface area contributed by atoms with Gasteiger partial charge in [-0.05, 0) is 18.4 Å². The number of hydrogen-bond acceptors (Lipinski definition) is 3. The lowest BCUT2D eigenvalue weighted by atomic mass is 10.0. The van der Waals surface area contributed by atoms with Gasteiger partial charge in [0, 0.05) is 10.9 Å². The highest BCUT2D eigenvalue weighted by atomic mass is 32.1. The Morgan fingerprint density at radius 3 is 3.11 bits per heavy atom. The van der Waals surface area contributed by atoms with Crippen molar-refractivity contribution in [2.45, 2.75) is 32.1 Å². The van der Waals surface area contributed by atoms with Crippen LogP contribution >= 0.6 is 11.3 Å². The summed E-state index contributed by atoms with van der Waals surface area (Å²) in [6.07, 6.45) is 1.14. The smallest absolute Gasteiger partial charge is 0.123 e. The third-order valence-corrected chi connectivity index (χ3v) is 4.63. The lowest BCUT2D eigenvalue weighted by Crippen LogP contribution is -2.03. The molecule has 0 fully saturated rings. The molecule has 2 unspecified atom stereocenters. The molecule has 2 heterocycles. The number of nitrogens with zero attached hydrogens (tertiary/aromatic N) is 1. The molecule has 0 spiro atoms. The van der Waals surface area contributed by atoms with Crippen molar-refractivity contribution in [3.63, 3.8) is 0 Å². The SMILES string of the molecule is CCC(C)c1csc(C2COc3ccccc32)n1. The van der Waals surface area contributed by atoms with E-state index in [0.29, 0.717) is 11.8 Å².